The highest BCUT2D eigenvalue weighted by Crippen LogP contribution is 2.29. The van der Waals surface area contributed by atoms with Crippen LogP contribution in [-0.2, 0) is 16.9 Å². The second-order valence-corrected chi connectivity index (χ2v) is 10.1. The first-order valence-corrected chi connectivity index (χ1v) is 12.6. The lowest BCUT2D eigenvalue weighted by atomic mass is 10.1. The van der Waals surface area contributed by atoms with Gasteiger partial charge in [-0.3, -0.25) is 4.68 Å². The third kappa shape index (κ3) is 4.45. The van der Waals surface area contributed by atoms with Gasteiger partial charge in [0.2, 0.25) is 5.95 Å². The zero-order chi connectivity index (χ0) is 23.0. The van der Waals surface area contributed by atoms with E-state index in [0.717, 1.165) is 22.1 Å². The molecule has 168 valence electrons. The fraction of sp³-hybridized carbons (Fsp3) is 0.208. The molecule has 0 spiro atoms. The molecule has 1 aliphatic carbocycles. The number of nitrogens with one attached hydrogen (secondary N) is 1. The van der Waals surface area contributed by atoms with Crippen molar-refractivity contribution in [1.29, 1.82) is 0 Å². The maximum Gasteiger partial charge on any atom is 0.245 e. The summed E-state index contributed by atoms with van der Waals surface area (Å²) in [7, 11) is -1.49. The summed E-state index contributed by atoms with van der Waals surface area (Å²) in [5.74, 6) is 0.403. The fourth-order valence-corrected chi connectivity index (χ4v) is 4.43. The van der Waals surface area contributed by atoms with Gasteiger partial charge in [-0.1, -0.05) is 37.5 Å². The molecule has 2 aromatic carbocycles. The van der Waals surface area contributed by atoms with E-state index in [-0.39, 0.29) is 4.90 Å². The molecule has 0 aliphatic heterocycles. The molecule has 1 fully saturated rings. The highest BCUT2D eigenvalue weighted by Gasteiger charge is 2.17. The Balaban J connectivity index is 0.000000705. The number of aromatic nitrogens is 5. The summed E-state index contributed by atoms with van der Waals surface area (Å²) >= 11 is 0. The van der Waals surface area contributed by atoms with E-state index in [1.54, 1.807) is 35.1 Å². The number of benzene rings is 2. The Hall–Kier alpha value is -3.72. The molecule has 0 unspecified atom stereocenters. The van der Waals surface area contributed by atoms with Crippen LogP contribution in [-0.4, -0.2) is 39.1 Å². The van der Waals surface area contributed by atoms with Crippen LogP contribution >= 0.6 is 0 Å². The molecular weight excluding hydrogens is 436 g/mol. The molecule has 33 heavy (non-hydrogen) atoms. The average molecular weight is 461 g/mol. The van der Waals surface area contributed by atoms with E-state index in [1.165, 1.54) is 25.5 Å². The van der Waals surface area contributed by atoms with Gasteiger partial charge in [0.25, 0.3) is 0 Å². The average Bonchev–Trinajstić information content (AvgIpc) is 3.56. The highest BCUT2D eigenvalue weighted by atomic mass is 32.2. The molecule has 8 nitrogen and oxygen atoms in total. The Morgan fingerprint density at radius 2 is 1.76 bits per heavy atom. The van der Waals surface area contributed by atoms with Crippen molar-refractivity contribution in [3.8, 4) is 11.3 Å². The van der Waals surface area contributed by atoms with Gasteiger partial charge in [-0.2, -0.15) is 5.10 Å². The molecular formula is C24H24N6O2S. The van der Waals surface area contributed by atoms with Crippen LogP contribution in [0.5, 0.6) is 0 Å². The number of rotatable bonds is 4. The first kappa shape index (κ1) is 21.1. The molecule has 5 aromatic rings. The van der Waals surface area contributed by atoms with Crippen molar-refractivity contribution in [3.05, 3.63) is 67.0 Å². The molecule has 1 N–H and O–H groups in total. The Labute approximate surface area is 191 Å². The quantitative estimate of drug-likeness (QED) is 0.421. The van der Waals surface area contributed by atoms with E-state index in [1.807, 2.05) is 48.1 Å². The minimum Gasteiger partial charge on any atom is -0.323 e. The third-order valence-corrected chi connectivity index (χ3v) is 6.47. The SMILES string of the molecule is C1CC1.Cn1ncc2cc(Nc3ncc4ccc(-c5ccccc5S(C)(=O)=O)n4n3)ccc21. The number of hydrogen-bond donors (Lipinski definition) is 1. The van der Waals surface area contributed by atoms with Gasteiger partial charge in [0.15, 0.2) is 9.84 Å². The summed E-state index contributed by atoms with van der Waals surface area (Å²) in [5.41, 5.74) is 3.91. The van der Waals surface area contributed by atoms with Crippen LogP contribution in [0.2, 0.25) is 0 Å². The standard InChI is InChI=1S/C21H18N6O2S.C3H6/c1-26-18-9-7-15(11-14(18)12-23-26)24-21-22-13-16-8-10-19(27(16)25-21)17-5-3-4-6-20(17)30(2,28)29;1-2-3-1/h3-13H,1-2H3,(H,24,25);1-3H2. The lowest BCUT2D eigenvalue weighted by Gasteiger charge is -2.09. The van der Waals surface area contributed by atoms with Crippen molar-refractivity contribution in [2.24, 2.45) is 7.05 Å². The maximum atomic E-state index is 12.2. The second kappa shape index (κ2) is 8.32. The summed E-state index contributed by atoms with van der Waals surface area (Å²) in [6.45, 7) is 0. The Kier molecular flexibility index (Phi) is 5.33. The van der Waals surface area contributed by atoms with Crippen molar-refractivity contribution in [2.75, 3.05) is 11.6 Å². The zero-order valence-electron chi connectivity index (χ0n) is 18.4. The van der Waals surface area contributed by atoms with Crippen LogP contribution in [0.1, 0.15) is 19.3 Å². The lowest BCUT2D eigenvalue weighted by Crippen LogP contribution is -2.05. The van der Waals surface area contributed by atoms with Crippen molar-refractivity contribution >= 4 is 37.9 Å². The summed E-state index contributed by atoms with van der Waals surface area (Å²) in [6.07, 6.45) is 9.21. The van der Waals surface area contributed by atoms with Crippen molar-refractivity contribution in [3.63, 3.8) is 0 Å². The number of aryl methyl sites for hydroxylation is 1. The molecule has 0 amide bonds. The molecule has 3 heterocycles. The lowest BCUT2D eigenvalue weighted by molar-refractivity contribution is 0.602. The zero-order valence-corrected chi connectivity index (χ0v) is 19.2. The van der Waals surface area contributed by atoms with Crippen LogP contribution in [0, 0.1) is 0 Å². The second-order valence-electron chi connectivity index (χ2n) is 8.13. The van der Waals surface area contributed by atoms with Crippen LogP contribution in [0.3, 0.4) is 0 Å². The van der Waals surface area contributed by atoms with Crippen molar-refractivity contribution in [1.82, 2.24) is 24.4 Å². The molecule has 1 saturated carbocycles. The summed E-state index contributed by atoms with van der Waals surface area (Å²) in [5, 5.41) is 13.1. The number of anilines is 2. The summed E-state index contributed by atoms with van der Waals surface area (Å²) in [4.78, 5) is 4.65. The van der Waals surface area contributed by atoms with Crippen LogP contribution in [0.15, 0.2) is 71.9 Å². The largest absolute Gasteiger partial charge is 0.323 e. The van der Waals surface area contributed by atoms with Gasteiger partial charge in [0.1, 0.15) is 0 Å². The maximum absolute atomic E-state index is 12.2. The normalized spacial score (nSPS) is 13.0. The Bertz CT molecular complexity index is 1560. The van der Waals surface area contributed by atoms with E-state index in [2.05, 4.69) is 20.5 Å². The number of hydrogen-bond acceptors (Lipinski definition) is 6. The Morgan fingerprint density at radius 3 is 2.52 bits per heavy atom. The summed E-state index contributed by atoms with van der Waals surface area (Å²) < 4.78 is 28.0. The van der Waals surface area contributed by atoms with E-state index < -0.39 is 9.84 Å². The van der Waals surface area contributed by atoms with Gasteiger partial charge in [-0.05, 0) is 36.4 Å². The van der Waals surface area contributed by atoms with Gasteiger partial charge < -0.3 is 5.32 Å². The first-order chi connectivity index (χ1) is 15.9. The fourth-order valence-electron chi connectivity index (χ4n) is 3.53. The molecule has 9 heteroatoms. The van der Waals surface area contributed by atoms with Gasteiger partial charge in [0, 0.05) is 29.9 Å². The van der Waals surface area contributed by atoms with Crippen LogP contribution in [0.4, 0.5) is 11.6 Å². The van der Waals surface area contributed by atoms with E-state index in [9.17, 15) is 8.42 Å². The predicted octanol–water partition coefficient (Wildman–Crippen LogP) is 4.60. The van der Waals surface area contributed by atoms with Crippen LogP contribution in [0.25, 0.3) is 27.7 Å². The molecule has 1 aliphatic rings. The van der Waals surface area contributed by atoms with Crippen LogP contribution < -0.4 is 5.32 Å². The van der Waals surface area contributed by atoms with E-state index in [0.29, 0.717) is 17.2 Å². The first-order valence-electron chi connectivity index (χ1n) is 10.7. The number of nitrogens with zero attached hydrogens (tertiary/aromatic N) is 5. The minimum atomic E-state index is -3.39. The molecule has 6 rings (SSSR count). The van der Waals surface area contributed by atoms with E-state index in [4.69, 9.17) is 0 Å². The van der Waals surface area contributed by atoms with Gasteiger partial charge in [-0.15, -0.1) is 5.10 Å². The molecule has 0 atom stereocenters. The molecule has 0 saturated heterocycles. The smallest absolute Gasteiger partial charge is 0.245 e. The van der Waals surface area contributed by atoms with Crippen molar-refractivity contribution < 1.29 is 8.42 Å². The van der Waals surface area contributed by atoms with Gasteiger partial charge in [0.05, 0.1) is 34.0 Å². The van der Waals surface area contributed by atoms with Gasteiger partial charge in [-0.25, -0.2) is 17.9 Å². The Morgan fingerprint density at radius 1 is 0.970 bits per heavy atom. The number of fused-ring (bicyclic) bond motifs is 2. The molecule has 0 bridgehead atoms. The monoisotopic (exact) mass is 460 g/mol. The predicted molar refractivity (Wildman–Crippen MR) is 129 cm³/mol. The van der Waals surface area contributed by atoms with Crippen molar-refractivity contribution in [2.45, 2.75) is 24.2 Å². The molecule has 0 radical (unpaired) electrons. The summed E-state index contributed by atoms with van der Waals surface area (Å²) in [6, 6.07) is 16.5. The van der Waals surface area contributed by atoms with E-state index >= 15 is 0 Å². The van der Waals surface area contributed by atoms with Gasteiger partial charge >= 0.3 is 0 Å². The topological polar surface area (TPSA) is 94.2 Å². The molecule has 3 aromatic heterocycles. The minimum absolute atomic E-state index is 0.264. The number of sulfone groups is 1. The highest BCUT2D eigenvalue weighted by molar-refractivity contribution is 7.90. The third-order valence-electron chi connectivity index (χ3n) is 5.32.